The third kappa shape index (κ3) is 14.0. The number of pyridine rings is 1. The van der Waals surface area contributed by atoms with Gasteiger partial charge in [0.05, 0.1) is 43.5 Å². The normalized spacial score (nSPS) is 21.9. The number of benzene rings is 3. The maximum Gasteiger partial charge on any atom is 0.247 e. The number of nitrogens with one attached hydrogen (secondary N) is 2. The molecule has 1 aliphatic heterocycles. The Morgan fingerprint density at radius 1 is 0.767 bits per heavy atom. The van der Waals surface area contributed by atoms with E-state index in [9.17, 15) is 14.4 Å². The van der Waals surface area contributed by atoms with Gasteiger partial charge in [0.25, 0.3) is 0 Å². The van der Waals surface area contributed by atoms with E-state index < -0.39 is 41.8 Å². The minimum atomic E-state index is -1.20. The summed E-state index contributed by atoms with van der Waals surface area (Å²) in [5.41, 5.74) is 3.92. The predicted molar refractivity (Wildman–Crippen MR) is 281 cm³/mol. The smallest absolute Gasteiger partial charge is 0.247 e. The number of halogens is 2. The molecule has 18 heteroatoms. The van der Waals surface area contributed by atoms with E-state index in [-0.39, 0.29) is 62.2 Å². The van der Waals surface area contributed by atoms with Crippen LogP contribution in [0, 0.1) is 5.92 Å². The highest BCUT2D eigenvalue weighted by Gasteiger charge is 2.39. The lowest BCUT2D eigenvalue weighted by atomic mass is 9.87. The van der Waals surface area contributed by atoms with Gasteiger partial charge in [0.15, 0.2) is 0 Å². The second-order valence-electron chi connectivity index (χ2n) is 19.5. The average Bonchev–Trinajstić information content (AvgIpc) is 3.73. The molecule has 0 spiro atoms. The van der Waals surface area contributed by atoms with Gasteiger partial charge in [0.1, 0.15) is 23.7 Å². The van der Waals surface area contributed by atoms with Crippen LogP contribution in [0.25, 0.3) is 11.3 Å². The van der Waals surface area contributed by atoms with Crippen molar-refractivity contribution in [2.45, 2.75) is 102 Å². The number of rotatable bonds is 13. The minimum Gasteiger partial charge on any atom is -0.439 e. The van der Waals surface area contributed by atoms with E-state index in [0.717, 1.165) is 41.1 Å². The summed E-state index contributed by atoms with van der Waals surface area (Å²) >= 11 is 12.8. The van der Waals surface area contributed by atoms with Crippen molar-refractivity contribution in [3.05, 3.63) is 130 Å². The molecule has 0 unspecified atom stereocenters. The van der Waals surface area contributed by atoms with Gasteiger partial charge < -0.3 is 44.3 Å². The lowest BCUT2D eigenvalue weighted by molar-refractivity contribution is -0.147. The van der Waals surface area contributed by atoms with E-state index in [1.54, 1.807) is 74.7 Å². The summed E-state index contributed by atoms with van der Waals surface area (Å²) in [5, 5.41) is 7.04. The Kier molecular flexibility index (Phi) is 18.7. The van der Waals surface area contributed by atoms with Gasteiger partial charge >= 0.3 is 0 Å². The van der Waals surface area contributed by atoms with Gasteiger partial charge in [0.2, 0.25) is 35.4 Å². The van der Waals surface area contributed by atoms with E-state index in [4.69, 9.17) is 32.7 Å². The van der Waals surface area contributed by atoms with Crippen molar-refractivity contribution in [1.82, 2.24) is 44.8 Å². The van der Waals surface area contributed by atoms with Crippen LogP contribution >= 0.6 is 23.2 Å². The summed E-state index contributed by atoms with van der Waals surface area (Å²) in [6, 6.07) is 21.6. The van der Waals surface area contributed by atoms with Gasteiger partial charge in [-0.2, -0.15) is 0 Å². The Morgan fingerprint density at radius 2 is 1.48 bits per heavy atom. The summed E-state index contributed by atoms with van der Waals surface area (Å²) in [4.78, 5) is 89.6. The molecular weight excluding hydrogens is 970 g/mol. The van der Waals surface area contributed by atoms with Crippen molar-refractivity contribution < 1.29 is 33.4 Å². The number of amides is 5. The molecule has 1 saturated carbocycles. The fraction of sp³-hybridized carbons (Fsp3) is 0.436. The number of hydrogen-bond acceptors (Lipinski definition) is 10. The molecule has 16 nitrogen and oxygen atoms in total. The fourth-order valence-electron chi connectivity index (χ4n) is 9.82. The predicted octanol–water partition coefficient (Wildman–Crippen LogP) is 7.10. The van der Waals surface area contributed by atoms with Crippen molar-refractivity contribution in [3.8, 4) is 22.9 Å². The molecule has 5 amide bonds. The molecule has 3 aromatic carbocycles. The summed E-state index contributed by atoms with van der Waals surface area (Å²) in [6.45, 7) is 1.91. The van der Waals surface area contributed by atoms with Crippen molar-refractivity contribution >= 4 is 52.7 Å². The maximum absolute atomic E-state index is 15.2. The molecule has 7 rings (SSSR count). The largest absolute Gasteiger partial charge is 0.439 e. The Labute approximate surface area is 438 Å². The van der Waals surface area contributed by atoms with Crippen LogP contribution in [-0.4, -0.2) is 136 Å². The first-order chi connectivity index (χ1) is 35.0. The molecule has 2 aliphatic rings. The molecule has 2 fully saturated rings. The van der Waals surface area contributed by atoms with E-state index in [1.807, 2.05) is 79.1 Å². The molecule has 3 heterocycles. The molecule has 6 atom stereocenters. The number of fused-ring (bicyclic) bond motifs is 1. The van der Waals surface area contributed by atoms with Crippen LogP contribution in [0.15, 0.2) is 97.3 Å². The Hall–Kier alpha value is -6.33. The highest BCUT2D eigenvalue weighted by Crippen LogP contribution is 2.32. The Bertz CT molecular complexity index is 2700. The summed E-state index contributed by atoms with van der Waals surface area (Å²) < 4.78 is 14.0. The highest BCUT2D eigenvalue weighted by molar-refractivity contribution is 6.31. The highest BCUT2D eigenvalue weighted by atomic mass is 35.5. The number of likely N-dealkylation sites (N-methyl/N-ethyl adjacent to an activating group) is 2. The molecule has 0 radical (unpaired) electrons. The number of methoxy groups -OCH3 is 1. The van der Waals surface area contributed by atoms with Gasteiger partial charge in [-0.15, -0.1) is 0 Å². The number of imidazole rings is 1. The van der Waals surface area contributed by atoms with E-state index in [2.05, 4.69) is 20.6 Å². The molecule has 1 aliphatic carbocycles. The number of nitrogens with zero attached hydrogens (tertiary/aromatic N) is 7. The van der Waals surface area contributed by atoms with E-state index in [1.165, 1.54) is 16.9 Å². The fourth-order valence-corrected chi connectivity index (χ4v) is 10.1. The third-order valence-corrected chi connectivity index (χ3v) is 14.5. The maximum atomic E-state index is 15.2. The zero-order valence-electron chi connectivity index (χ0n) is 42.7. The van der Waals surface area contributed by atoms with Gasteiger partial charge in [-0.05, 0) is 88.2 Å². The first kappa shape index (κ1) is 54.4. The third-order valence-electron chi connectivity index (χ3n) is 14.0. The molecule has 2 aromatic heterocycles. The molecular formula is C55H67Cl2N9O7. The lowest BCUT2D eigenvalue weighted by Gasteiger charge is -2.40. The van der Waals surface area contributed by atoms with Crippen molar-refractivity contribution in [1.29, 1.82) is 0 Å². The van der Waals surface area contributed by atoms with Crippen molar-refractivity contribution in [3.63, 3.8) is 0 Å². The average molecular weight is 1040 g/mol. The van der Waals surface area contributed by atoms with Crippen LogP contribution in [-0.2, 0) is 61.7 Å². The van der Waals surface area contributed by atoms with Crippen LogP contribution in [0.3, 0.4) is 0 Å². The number of ether oxygens (including phenoxy) is 2. The molecule has 73 heavy (non-hydrogen) atoms. The van der Waals surface area contributed by atoms with E-state index in [0.29, 0.717) is 47.2 Å². The van der Waals surface area contributed by atoms with Gasteiger partial charge in [0, 0.05) is 86.6 Å². The summed E-state index contributed by atoms with van der Waals surface area (Å²) in [7, 11) is 10.7. The molecule has 5 aromatic rings. The number of aromatic nitrogens is 3. The molecule has 1 saturated heterocycles. The van der Waals surface area contributed by atoms with Gasteiger partial charge in [-0.3, -0.25) is 24.0 Å². The number of carbonyl (C=O) groups excluding carboxylic acids is 5. The molecule has 388 valence electrons. The SMILES string of the molecule is COC[C@@H]1NC(=O)[C@H](C)N(Cc2ccc(Cl)cc2Oc2ccc(-c3cnc(CN(C)C)n3C)cn2)C(=O)C[C@@H](Cc2ccccc2)C(=O)N(C)[C@H]2CCCC[C@@H]2NC(=O)C[C@H](Cc2ccc(Cl)cc2)N(C)C1=O. The van der Waals surface area contributed by atoms with Gasteiger partial charge in [-0.1, -0.05) is 84.6 Å². The zero-order chi connectivity index (χ0) is 52.3. The van der Waals surface area contributed by atoms with Gasteiger partial charge in [-0.25, -0.2) is 9.97 Å². The quantitative estimate of drug-likeness (QED) is 0.124. The minimum absolute atomic E-state index is 0.0534. The number of hydrogen-bond donors (Lipinski definition) is 2. The Balaban J connectivity index is 1.25. The van der Waals surface area contributed by atoms with E-state index >= 15 is 9.59 Å². The monoisotopic (exact) mass is 1040 g/mol. The summed E-state index contributed by atoms with van der Waals surface area (Å²) in [6.07, 6.45) is 6.73. The molecule has 0 bridgehead atoms. The second kappa shape index (κ2) is 25.1. The molecule has 2 N–H and O–H groups in total. The summed E-state index contributed by atoms with van der Waals surface area (Å²) in [5.74, 6) is -1.54. The van der Waals surface area contributed by atoms with Crippen molar-refractivity contribution in [2.24, 2.45) is 13.0 Å². The van der Waals surface area contributed by atoms with Crippen LogP contribution < -0.4 is 15.4 Å². The van der Waals surface area contributed by atoms with Crippen LogP contribution in [0.2, 0.25) is 10.0 Å². The zero-order valence-corrected chi connectivity index (χ0v) is 44.2. The van der Waals surface area contributed by atoms with Crippen LogP contribution in [0.1, 0.15) is 68.0 Å². The standard InChI is InChI=1S/C55H67Cl2N9O7/c1-35-53(69)61-45(34-72-7)55(71)63(4)43(26-37-17-21-41(56)22-18-37)29-50(67)60-44-15-11-12-16-46(44)65(6)54(70)40(25-36-13-9-8-10-14-36)27-52(68)66(35)32-39-19-23-42(57)28-48(39)73-51-24-20-38(30-59-51)47-31-58-49(64(47)5)33-62(2)3/h8-10,13-14,17-24,28,30-31,35,40,43-46H,11-12,15-16,25-27,29,32-34H2,1-7H3,(H,60,67)(H,61,69)/t35-,40+,43-,44-,45-,46-/m0/s1. The number of carbonyl (C=O) groups is 5. The van der Waals surface area contributed by atoms with Crippen LogP contribution in [0.4, 0.5) is 0 Å². The second-order valence-corrected chi connectivity index (χ2v) is 20.4. The first-order valence-electron chi connectivity index (χ1n) is 24.8. The first-order valence-corrected chi connectivity index (χ1v) is 25.5. The Morgan fingerprint density at radius 3 is 2.18 bits per heavy atom. The topological polar surface area (TPSA) is 172 Å². The van der Waals surface area contributed by atoms with Crippen LogP contribution in [0.5, 0.6) is 11.6 Å². The van der Waals surface area contributed by atoms with Crippen molar-refractivity contribution in [2.75, 3.05) is 41.9 Å². The lowest BCUT2D eigenvalue weighted by Crippen LogP contribution is -2.58.